The van der Waals surface area contributed by atoms with Gasteiger partial charge in [-0.25, -0.2) is 0 Å². The van der Waals surface area contributed by atoms with Crippen LogP contribution in [0.2, 0.25) is 0 Å². The van der Waals surface area contributed by atoms with E-state index in [4.69, 9.17) is 5.11 Å². The number of carboxylic acids is 1. The van der Waals surface area contributed by atoms with Crippen LogP contribution in [0.25, 0.3) is 0 Å². The Bertz CT molecular complexity index is 443. The highest BCUT2D eigenvalue weighted by molar-refractivity contribution is 5.67. The molecule has 0 saturated carbocycles. The second-order valence-corrected chi connectivity index (χ2v) is 5.33. The number of rotatable bonds is 6. The van der Waals surface area contributed by atoms with E-state index in [0.29, 0.717) is 0 Å². The third-order valence-corrected chi connectivity index (χ3v) is 3.07. The van der Waals surface area contributed by atoms with Gasteiger partial charge in [-0.1, -0.05) is 37.6 Å². The van der Waals surface area contributed by atoms with Crippen LogP contribution in [0, 0.1) is 13.8 Å². The van der Waals surface area contributed by atoms with Crippen molar-refractivity contribution in [3.63, 3.8) is 0 Å². The molecular formula is C15H23NO3. The summed E-state index contributed by atoms with van der Waals surface area (Å²) in [5.41, 5.74) is 2.89. The van der Waals surface area contributed by atoms with Crippen molar-refractivity contribution in [2.24, 2.45) is 0 Å². The Hall–Kier alpha value is -1.39. The van der Waals surface area contributed by atoms with Gasteiger partial charge in [-0.3, -0.25) is 4.79 Å². The van der Waals surface area contributed by atoms with Crippen molar-refractivity contribution in [3.05, 3.63) is 34.9 Å². The lowest BCUT2D eigenvalue weighted by atomic mass is 9.94. The molecule has 0 heterocycles. The Morgan fingerprint density at radius 1 is 1.32 bits per heavy atom. The van der Waals surface area contributed by atoms with Crippen molar-refractivity contribution in [1.29, 1.82) is 0 Å². The van der Waals surface area contributed by atoms with Crippen LogP contribution in [-0.4, -0.2) is 28.3 Å². The summed E-state index contributed by atoms with van der Waals surface area (Å²) < 4.78 is 0. The number of aryl methyl sites for hydroxylation is 2. The Morgan fingerprint density at radius 3 is 2.42 bits per heavy atom. The SMILES string of the molecule is Cc1ccc(C(O)C(CC(=O)O)NC(C)C)c(C)c1. The van der Waals surface area contributed by atoms with Crippen molar-refractivity contribution >= 4 is 5.97 Å². The monoisotopic (exact) mass is 265 g/mol. The molecule has 0 saturated heterocycles. The molecule has 19 heavy (non-hydrogen) atoms. The van der Waals surface area contributed by atoms with E-state index in [1.165, 1.54) is 0 Å². The van der Waals surface area contributed by atoms with Gasteiger partial charge in [-0.2, -0.15) is 0 Å². The zero-order valence-corrected chi connectivity index (χ0v) is 12.0. The summed E-state index contributed by atoms with van der Waals surface area (Å²) in [6, 6.07) is 5.42. The van der Waals surface area contributed by atoms with Crippen LogP contribution in [0.4, 0.5) is 0 Å². The first-order valence-corrected chi connectivity index (χ1v) is 6.54. The molecule has 0 amide bonds. The Kier molecular flexibility index (Phi) is 5.51. The zero-order valence-electron chi connectivity index (χ0n) is 12.0. The highest BCUT2D eigenvalue weighted by atomic mass is 16.4. The van der Waals surface area contributed by atoms with E-state index >= 15 is 0 Å². The van der Waals surface area contributed by atoms with Gasteiger partial charge in [0.25, 0.3) is 0 Å². The third-order valence-electron chi connectivity index (χ3n) is 3.07. The van der Waals surface area contributed by atoms with Gasteiger partial charge in [-0.15, -0.1) is 0 Å². The van der Waals surface area contributed by atoms with Crippen molar-refractivity contribution < 1.29 is 15.0 Å². The highest BCUT2D eigenvalue weighted by Crippen LogP contribution is 2.23. The van der Waals surface area contributed by atoms with Crippen molar-refractivity contribution in [1.82, 2.24) is 5.32 Å². The predicted molar refractivity (Wildman–Crippen MR) is 75.2 cm³/mol. The van der Waals surface area contributed by atoms with E-state index in [9.17, 15) is 9.90 Å². The molecular weight excluding hydrogens is 242 g/mol. The Labute approximate surface area is 114 Å². The van der Waals surface area contributed by atoms with Crippen molar-refractivity contribution in [3.8, 4) is 0 Å². The van der Waals surface area contributed by atoms with Crippen LogP contribution in [0.3, 0.4) is 0 Å². The summed E-state index contributed by atoms with van der Waals surface area (Å²) in [7, 11) is 0. The van der Waals surface area contributed by atoms with Gasteiger partial charge in [0.1, 0.15) is 0 Å². The van der Waals surface area contributed by atoms with Crippen molar-refractivity contribution in [2.75, 3.05) is 0 Å². The average molecular weight is 265 g/mol. The molecule has 1 aromatic carbocycles. The minimum atomic E-state index is -0.915. The maximum Gasteiger partial charge on any atom is 0.305 e. The summed E-state index contributed by atoms with van der Waals surface area (Å²) in [4.78, 5) is 10.9. The largest absolute Gasteiger partial charge is 0.481 e. The maximum absolute atomic E-state index is 10.9. The van der Waals surface area contributed by atoms with E-state index in [0.717, 1.165) is 16.7 Å². The number of benzene rings is 1. The van der Waals surface area contributed by atoms with Gasteiger partial charge in [0.05, 0.1) is 12.5 Å². The molecule has 1 aromatic rings. The first-order chi connectivity index (χ1) is 8.81. The molecule has 2 unspecified atom stereocenters. The molecule has 0 aromatic heterocycles. The molecule has 4 nitrogen and oxygen atoms in total. The number of aliphatic hydroxyl groups excluding tert-OH is 1. The zero-order chi connectivity index (χ0) is 14.6. The molecule has 0 aliphatic rings. The van der Waals surface area contributed by atoms with Crippen LogP contribution in [0.1, 0.15) is 43.1 Å². The van der Waals surface area contributed by atoms with Crippen LogP contribution in [0.15, 0.2) is 18.2 Å². The molecule has 0 spiro atoms. The molecule has 0 aliphatic carbocycles. The number of nitrogens with one attached hydrogen (secondary N) is 1. The Morgan fingerprint density at radius 2 is 1.95 bits per heavy atom. The standard InChI is InChI=1S/C15H23NO3/c1-9(2)16-13(8-14(17)18)15(19)12-6-5-10(3)7-11(12)4/h5-7,9,13,15-16,19H,8H2,1-4H3,(H,17,18). The molecule has 106 valence electrons. The number of carboxylic acid groups (broad SMARTS) is 1. The number of carbonyl (C=O) groups is 1. The normalized spacial score (nSPS) is 14.4. The lowest BCUT2D eigenvalue weighted by Gasteiger charge is -2.26. The molecule has 3 N–H and O–H groups in total. The van der Waals surface area contributed by atoms with Gasteiger partial charge in [0.2, 0.25) is 0 Å². The van der Waals surface area contributed by atoms with Gasteiger partial charge in [0, 0.05) is 12.1 Å². The first kappa shape index (κ1) is 15.7. The number of hydrogen-bond donors (Lipinski definition) is 3. The lowest BCUT2D eigenvalue weighted by molar-refractivity contribution is -0.138. The van der Waals surface area contributed by atoms with E-state index in [-0.39, 0.29) is 12.5 Å². The fourth-order valence-corrected chi connectivity index (χ4v) is 2.25. The first-order valence-electron chi connectivity index (χ1n) is 6.54. The molecule has 0 fully saturated rings. The predicted octanol–water partition coefficient (Wildman–Crippen LogP) is 2.18. The summed E-state index contributed by atoms with van der Waals surface area (Å²) in [6.45, 7) is 7.79. The van der Waals surface area contributed by atoms with Crippen molar-refractivity contribution in [2.45, 2.75) is 52.3 Å². The van der Waals surface area contributed by atoms with Crippen LogP contribution >= 0.6 is 0 Å². The second-order valence-electron chi connectivity index (χ2n) is 5.33. The lowest BCUT2D eigenvalue weighted by Crippen LogP contribution is -2.41. The average Bonchev–Trinajstić information content (AvgIpc) is 2.26. The summed E-state index contributed by atoms with van der Waals surface area (Å²) in [6.07, 6.45) is -0.925. The smallest absolute Gasteiger partial charge is 0.305 e. The molecule has 1 rings (SSSR count). The number of hydrogen-bond acceptors (Lipinski definition) is 3. The highest BCUT2D eigenvalue weighted by Gasteiger charge is 2.25. The third kappa shape index (κ3) is 4.65. The summed E-state index contributed by atoms with van der Waals surface area (Å²) in [5, 5.41) is 22.5. The van der Waals surface area contributed by atoms with Gasteiger partial charge in [-0.05, 0) is 25.0 Å². The topological polar surface area (TPSA) is 69.6 Å². The maximum atomic E-state index is 10.9. The van der Waals surface area contributed by atoms with E-state index < -0.39 is 18.1 Å². The molecule has 0 aliphatic heterocycles. The number of aliphatic hydroxyl groups is 1. The minimum Gasteiger partial charge on any atom is -0.481 e. The fraction of sp³-hybridized carbons (Fsp3) is 0.533. The second kappa shape index (κ2) is 6.68. The molecule has 4 heteroatoms. The molecule has 0 bridgehead atoms. The molecule has 0 radical (unpaired) electrons. The van der Waals surface area contributed by atoms with Gasteiger partial charge < -0.3 is 15.5 Å². The van der Waals surface area contributed by atoms with Gasteiger partial charge in [0.15, 0.2) is 0 Å². The van der Waals surface area contributed by atoms with E-state index in [1.54, 1.807) is 0 Å². The van der Waals surface area contributed by atoms with E-state index in [2.05, 4.69) is 5.32 Å². The van der Waals surface area contributed by atoms with E-state index in [1.807, 2.05) is 45.9 Å². The van der Waals surface area contributed by atoms with Crippen LogP contribution in [0.5, 0.6) is 0 Å². The summed E-state index contributed by atoms with van der Waals surface area (Å²) in [5.74, 6) is -0.915. The Balaban J connectivity index is 2.96. The number of aliphatic carboxylic acids is 1. The van der Waals surface area contributed by atoms with Gasteiger partial charge >= 0.3 is 5.97 Å². The van der Waals surface area contributed by atoms with Crippen LogP contribution in [-0.2, 0) is 4.79 Å². The minimum absolute atomic E-state index is 0.105. The summed E-state index contributed by atoms with van der Waals surface area (Å²) >= 11 is 0. The van der Waals surface area contributed by atoms with Crippen LogP contribution < -0.4 is 5.32 Å². The quantitative estimate of drug-likeness (QED) is 0.737. The fourth-order valence-electron chi connectivity index (χ4n) is 2.25. The molecule has 2 atom stereocenters.